The lowest BCUT2D eigenvalue weighted by Gasteiger charge is -2.21. The first-order chi connectivity index (χ1) is 7.66. The minimum atomic E-state index is -0.784. The predicted octanol–water partition coefficient (Wildman–Crippen LogP) is 2.98. The Kier molecular flexibility index (Phi) is 3.68. The lowest BCUT2D eigenvalue weighted by molar-refractivity contribution is 0.140. The van der Waals surface area contributed by atoms with E-state index >= 15 is 0 Å². The van der Waals surface area contributed by atoms with Crippen LogP contribution in [-0.4, -0.2) is 28.7 Å². The largest absolute Gasteiger partial charge is 0.465 e. The monoisotopic (exact) mass is 331 g/mol. The maximum absolute atomic E-state index is 11.0. The molecule has 0 saturated carbocycles. The quantitative estimate of drug-likeness (QED) is 0.847. The standard InChI is InChI=1S/C12H14INO2/c13-10-5-3-9(4-6-10)8-11-2-1-7-14(11)12(15)16/h3-6,11H,1-2,7-8H2,(H,15,16). The summed E-state index contributed by atoms with van der Waals surface area (Å²) in [6.45, 7) is 0.685. The molecule has 1 aromatic rings. The predicted molar refractivity (Wildman–Crippen MR) is 70.6 cm³/mol. The summed E-state index contributed by atoms with van der Waals surface area (Å²) in [6, 6.07) is 8.46. The summed E-state index contributed by atoms with van der Waals surface area (Å²) in [5.74, 6) is 0. The van der Waals surface area contributed by atoms with Gasteiger partial charge in [0.1, 0.15) is 0 Å². The van der Waals surface area contributed by atoms with E-state index in [9.17, 15) is 4.79 Å². The van der Waals surface area contributed by atoms with E-state index in [1.54, 1.807) is 4.90 Å². The Morgan fingerprint density at radius 2 is 2.12 bits per heavy atom. The number of amides is 1. The Balaban J connectivity index is 2.03. The summed E-state index contributed by atoms with van der Waals surface area (Å²) < 4.78 is 1.21. The van der Waals surface area contributed by atoms with Crippen LogP contribution in [0.1, 0.15) is 18.4 Å². The first-order valence-corrected chi connectivity index (χ1v) is 6.48. The molecule has 0 bridgehead atoms. The van der Waals surface area contributed by atoms with Crippen LogP contribution in [0.4, 0.5) is 4.79 Å². The highest BCUT2D eigenvalue weighted by molar-refractivity contribution is 14.1. The second kappa shape index (κ2) is 5.03. The van der Waals surface area contributed by atoms with E-state index in [1.807, 2.05) is 0 Å². The van der Waals surface area contributed by atoms with Crippen molar-refractivity contribution in [2.24, 2.45) is 0 Å². The van der Waals surface area contributed by atoms with Crippen LogP contribution in [0.25, 0.3) is 0 Å². The molecule has 4 heteroatoms. The highest BCUT2D eigenvalue weighted by Crippen LogP contribution is 2.21. The van der Waals surface area contributed by atoms with Crippen LogP contribution in [0.15, 0.2) is 24.3 Å². The van der Waals surface area contributed by atoms with Gasteiger partial charge in [-0.25, -0.2) is 4.79 Å². The van der Waals surface area contributed by atoms with E-state index in [1.165, 1.54) is 9.13 Å². The fraction of sp³-hybridized carbons (Fsp3) is 0.417. The van der Waals surface area contributed by atoms with Crippen LogP contribution in [0.2, 0.25) is 0 Å². The number of carbonyl (C=O) groups is 1. The van der Waals surface area contributed by atoms with Crippen LogP contribution in [0, 0.1) is 3.57 Å². The van der Waals surface area contributed by atoms with E-state index in [2.05, 4.69) is 46.9 Å². The Morgan fingerprint density at radius 1 is 1.44 bits per heavy atom. The van der Waals surface area contributed by atoms with Crippen LogP contribution in [-0.2, 0) is 6.42 Å². The fourth-order valence-electron chi connectivity index (χ4n) is 2.19. The molecule has 1 atom stereocenters. The smallest absolute Gasteiger partial charge is 0.407 e. The number of hydrogen-bond acceptors (Lipinski definition) is 1. The SMILES string of the molecule is O=C(O)N1CCCC1Cc1ccc(I)cc1. The highest BCUT2D eigenvalue weighted by Gasteiger charge is 2.28. The molecule has 1 heterocycles. The molecule has 1 fully saturated rings. The number of halogens is 1. The third-order valence-corrected chi connectivity index (χ3v) is 3.73. The lowest BCUT2D eigenvalue weighted by atomic mass is 10.0. The number of hydrogen-bond donors (Lipinski definition) is 1. The minimum absolute atomic E-state index is 0.164. The fourth-order valence-corrected chi connectivity index (χ4v) is 2.55. The summed E-state index contributed by atoms with van der Waals surface area (Å²) in [7, 11) is 0. The van der Waals surface area contributed by atoms with Gasteiger partial charge in [0, 0.05) is 16.2 Å². The molecule has 3 nitrogen and oxygen atoms in total. The number of carboxylic acid groups (broad SMARTS) is 1. The van der Waals surface area contributed by atoms with Crippen molar-refractivity contribution < 1.29 is 9.90 Å². The number of rotatable bonds is 2. The molecule has 1 aliphatic heterocycles. The van der Waals surface area contributed by atoms with Crippen LogP contribution < -0.4 is 0 Å². The molecule has 1 aliphatic rings. The maximum atomic E-state index is 11.0. The summed E-state index contributed by atoms with van der Waals surface area (Å²) in [6.07, 6.45) is 2.02. The first-order valence-electron chi connectivity index (χ1n) is 5.41. The molecule has 0 aromatic heterocycles. The second-order valence-corrected chi connectivity index (χ2v) is 5.35. The van der Waals surface area contributed by atoms with Gasteiger partial charge in [0.2, 0.25) is 0 Å². The third-order valence-electron chi connectivity index (χ3n) is 3.01. The van der Waals surface area contributed by atoms with Crippen LogP contribution in [0.5, 0.6) is 0 Å². The Morgan fingerprint density at radius 3 is 2.75 bits per heavy atom. The summed E-state index contributed by atoms with van der Waals surface area (Å²) in [5, 5.41) is 9.03. The molecule has 0 aliphatic carbocycles. The van der Waals surface area contributed by atoms with Crippen molar-refractivity contribution in [3.8, 4) is 0 Å². The Labute approximate surface area is 109 Å². The van der Waals surface area contributed by atoms with Gasteiger partial charge in [-0.1, -0.05) is 12.1 Å². The zero-order valence-electron chi connectivity index (χ0n) is 8.90. The molecule has 1 amide bonds. The zero-order valence-corrected chi connectivity index (χ0v) is 11.1. The summed E-state index contributed by atoms with van der Waals surface area (Å²) >= 11 is 2.27. The molecule has 16 heavy (non-hydrogen) atoms. The Hall–Kier alpha value is -0.780. The normalized spacial score (nSPS) is 20.1. The van der Waals surface area contributed by atoms with Crippen molar-refractivity contribution in [2.75, 3.05) is 6.54 Å². The average Bonchev–Trinajstić information content (AvgIpc) is 2.69. The molecule has 1 aromatic carbocycles. The van der Waals surface area contributed by atoms with Gasteiger partial charge in [-0.2, -0.15) is 0 Å². The Bertz CT molecular complexity index is 377. The minimum Gasteiger partial charge on any atom is -0.465 e. The molecule has 2 rings (SSSR count). The average molecular weight is 331 g/mol. The van der Waals surface area contributed by atoms with Gasteiger partial charge < -0.3 is 10.0 Å². The number of likely N-dealkylation sites (tertiary alicyclic amines) is 1. The van der Waals surface area contributed by atoms with Crippen molar-refractivity contribution in [1.82, 2.24) is 4.90 Å². The van der Waals surface area contributed by atoms with Gasteiger partial charge in [-0.3, -0.25) is 0 Å². The van der Waals surface area contributed by atoms with Crippen molar-refractivity contribution >= 4 is 28.7 Å². The molecular formula is C12H14INO2. The maximum Gasteiger partial charge on any atom is 0.407 e. The molecular weight excluding hydrogens is 317 g/mol. The van der Waals surface area contributed by atoms with Crippen molar-refractivity contribution in [3.05, 3.63) is 33.4 Å². The van der Waals surface area contributed by atoms with Gasteiger partial charge in [0.15, 0.2) is 0 Å². The van der Waals surface area contributed by atoms with E-state index in [4.69, 9.17) is 5.11 Å². The number of nitrogens with zero attached hydrogens (tertiary/aromatic N) is 1. The molecule has 0 spiro atoms. The van der Waals surface area contributed by atoms with Gasteiger partial charge in [-0.05, 0) is 59.5 Å². The van der Waals surface area contributed by atoms with Crippen molar-refractivity contribution in [3.63, 3.8) is 0 Å². The molecule has 0 radical (unpaired) electrons. The van der Waals surface area contributed by atoms with Crippen LogP contribution >= 0.6 is 22.6 Å². The van der Waals surface area contributed by atoms with Crippen LogP contribution in [0.3, 0.4) is 0 Å². The summed E-state index contributed by atoms with van der Waals surface area (Å²) in [5.41, 5.74) is 1.22. The molecule has 86 valence electrons. The van der Waals surface area contributed by atoms with Crippen molar-refractivity contribution in [2.45, 2.75) is 25.3 Å². The van der Waals surface area contributed by atoms with E-state index < -0.39 is 6.09 Å². The van der Waals surface area contributed by atoms with E-state index in [0.717, 1.165) is 19.3 Å². The van der Waals surface area contributed by atoms with E-state index in [0.29, 0.717) is 6.54 Å². The van der Waals surface area contributed by atoms with E-state index in [-0.39, 0.29) is 6.04 Å². The van der Waals surface area contributed by atoms with Gasteiger partial charge >= 0.3 is 6.09 Å². The second-order valence-electron chi connectivity index (χ2n) is 4.10. The lowest BCUT2D eigenvalue weighted by Crippen LogP contribution is -2.35. The summed E-state index contributed by atoms with van der Waals surface area (Å²) in [4.78, 5) is 12.5. The van der Waals surface area contributed by atoms with Gasteiger partial charge in [0.25, 0.3) is 0 Å². The molecule has 1 unspecified atom stereocenters. The van der Waals surface area contributed by atoms with Gasteiger partial charge in [0.05, 0.1) is 0 Å². The first kappa shape index (κ1) is 11.7. The third kappa shape index (κ3) is 2.66. The zero-order chi connectivity index (χ0) is 11.5. The topological polar surface area (TPSA) is 40.5 Å². The van der Waals surface area contributed by atoms with Crippen molar-refractivity contribution in [1.29, 1.82) is 0 Å². The highest BCUT2D eigenvalue weighted by atomic mass is 127. The molecule has 1 saturated heterocycles. The number of benzene rings is 1. The van der Waals surface area contributed by atoms with Gasteiger partial charge in [-0.15, -0.1) is 0 Å². The molecule has 1 N–H and O–H groups in total.